The third-order valence-corrected chi connectivity index (χ3v) is 6.02. The number of ketones is 1. The van der Waals surface area contributed by atoms with Gasteiger partial charge in [-0.05, 0) is 91.2 Å². The number of rotatable bonds is 12. The first-order valence-electron chi connectivity index (χ1n) is 11.3. The number of Topliss-reactive ketones (excluding diaryl/α,β-unsaturated/α-hetero) is 1. The quantitative estimate of drug-likeness (QED) is 0.271. The second-order valence-electron chi connectivity index (χ2n) is 9.88. The first-order valence-corrected chi connectivity index (χ1v) is 11.3. The maximum absolute atomic E-state index is 13.9. The lowest BCUT2D eigenvalue weighted by Gasteiger charge is -2.41. The van der Waals surface area contributed by atoms with Crippen LogP contribution in [0.2, 0.25) is 0 Å². The number of hydrogen-bond donors (Lipinski definition) is 1. The Balaban J connectivity index is 3.59. The molecule has 0 aliphatic carbocycles. The van der Waals surface area contributed by atoms with E-state index in [0.717, 1.165) is 30.4 Å². The minimum atomic E-state index is -0.661. The second kappa shape index (κ2) is 11.9. The Bertz CT molecular complexity index is 847. The predicted molar refractivity (Wildman–Crippen MR) is 134 cm³/mol. The summed E-state index contributed by atoms with van der Waals surface area (Å²) in [6.45, 7) is 23.0. The van der Waals surface area contributed by atoms with Gasteiger partial charge in [-0.3, -0.25) is 4.79 Å². The summed E-state index contributed by atoms with van der Waals surface area (Å²) in [4.78, 5) is 13.9. The van der Waals surface area contributed by atoms with Gasteiger partial charge in [0.1, 0.15) is 5.75 Å². The van der Waals surface area contributed by atoms with E-state index in [1.807, 2.05) is 0 Å². The Morgan fingerprint density at radius 1 is 1.06 bits per heavy atom. The van der Waals surface area contributed by atoms with Gasteiger partial charge in [0.25, 0.3) is 0 Å². The summed E-state index contributed by atoms with van der Waals surface area (Å²) in [6.07, 6.45) is 7.88. The molecule has 2 heteroatoms. The molecule has 0 saturated carbocycles. The van der Waals surface area contributed by atoms with Crippen LogP contribution in [0.5, 0.6) is 5.75 Å². The van der Waals surface area contributed by atoms with Crippen LogP contribution in [0.25, 0.3) is 0 Å². The molecule has 0 fully saturated rings. The maximum atomic E-state index is 13.9. The molecule has 0 spiro atoms. The summed E-state index contributed by atoms with van der Waals surface area (Å²) in [5, 5.41) is 9.99. The largest absolute Gasteiger partial charge is 0.508 e. The SMILES string of the molecule is C=C(C)CC[C@H](CC=C(C)C)[C@H](C(=C)C)[C@](C)(CC=C(C)C)C(=O)c1cccc(O)c1. The average molecular weight is 423 g/mol. The summed E-state index contributed by atoms with van der Waals surface area (Å²) >= 11 is 0. The van der Waals surface area contributed by atoms with Gasteiger partial charge in [0.05, 0.1) is 0 Å². The lowest BCUT2D eigenvalue weighted by molar-refractivity contribution is 0.0663. The van der Waals surface area contributed by atoms with Crippen molar-refractivity contribution < 1.29 is 9.90 Å². The Kier molecular flexibility index (Phi) is 10.2. The van der Waals surface area contributed by atoms with Gasteiger partial charge in [0.2, 0.25) is 0 Å². The smallest absolute Gasteiger partial charge is 0.169 e. The molecule has 0 aliphatic rings. The molecule has 0 aromatic heterocycles. The number of carbonyl (C=O) groups excluding carboxylic acids is 1. The molecule has 0 heterocycles. The van der Waals surface area contributed by atoms with Crippen LogP contribution >= 0.6 is 0 Å². The predicted octanol–water partition coefficient (Wildman–Crippen LogP) is 8.46. The molecule has 0 saturated heterocycles. The van der Waals surface area contributed by atoms with Crippen LogP contribution in [0.15, 0.2) is 71.9 Å². The molecular formula is C29H42O2. The zero-order valence-electron chi connectivity index (χ0n) is 20.7. The van der Waals surface area contributed by atoms with E-state index in [2.05, 4.69) is 73.8 Å². The Morgan fingerprint density at radius 3 is 2.16 bits per heavy atom. The molecule has 2 nitrogen and oxygen atoms in total. The van der Waals surface area contributed by atoms with Gasteiger partial charge in [-0.2, -0.15) is 0 Å². The molecular weight excluding hydrogens is 380 g/mol. The summed E-state index contributed by atoms with van der Waals surface area (Å²) in [6, 6.07) is 6.72. The number of phenols is 1. The van der Waals surface area contributed by atoms with Crippen molar-refractivity contribution in [3.8, 4) is 5.75 Å². The minimum absolute atomic E-state index is 0.00731. The molecule has 0 amide bonds. The highest BCUT2D eigenvalue weighted by Gasteiger charge is 2.44. The van der Waals surface area contributed by atoms with E-state index in [-0.39, 0.29) is 23.4 Å². The third kappa shape index (κ3) is 8.01. The molecule has 0 aliphatic heterocycles. The molecule has 3 atom stereocenters. The van der Waals surface area contributed by atoms with Crippen molar-refractivity contribution in [1.82, 2.24) is 0 Å². The molecule has 0 radical (unpaired) electrons. The first-order chi connectivity index (χ1) is 14.4. The number of phenolic OH excluding ortho intramolecular Hbond substituents is 1. The Morgan fingerprint density at radius 2 is 1.68 bits per heavy atom. The van der Waals surface area contributed by atoms with Crippen molar-refractivity contribution in [1.29, 1.82) is 0 Å². The highest BCUT2D eigenvalue weighted by Crippen LogP contribution is 2.46. The van der Waals surface area contributed by atoms with Gasteiger partial charge in [0, 0.05) is 11.0 Å². The van der Waals surface area contributed by atoms with Gasteiger partial charge in [-0.15, -0.1) is 6.58 Å². The maximum Gasteiger partial charge on any atom is 0.169 e. The van der Waals surface area contributed by atoms with Crippen LogP contribution in [-0.4, -0.2) is 10.9 Å². The van der Waals surface area contributed by atoms with E-state index >= 15 is 0 Å². The summed E-state index contributed by atoms with van der Waals surface area (Å²) in [7, 11) is 0. The van der Waals surface area contributed by atoms with E-state index in [9.17, 15) is 9.90 Å². The summed E-state index contributed by atoms with van der Waals surface area (Å²) in [5.74, 6) is 0.464. The monoisotopic (exact) mass is 422 g/mol. The van der Waals surface area contributed by atoms with Crippen molar-refractivity contribution >= 4 is 5.78 Å². The fourth-order valence-corrected chi connectivity index (χ4v) is 4.46. The standard InChI is InChI=1S/C29H42O2/c1-20(2)13-15-24(16-14-21(3)4)27(23(7)8)29(9,18-17-22(5)6)28(31)25-11-10-12-26(30)19-25/h10-12,14,17,19,24,27,30H,1,7,13,15-16,18H2,2-6,8-9H3/t24-,27+,29+/m1/s1. The molecule has 31 heavy (non-hydrogen) atoms. The lowest BCUT2D eigenvalue weighted by Crippen LogP contribution is -2.40. The van der Waals surface area contributed by atoms with Gasteiger partial charge < -0.3 is 5.11 Å². The molecule has 1 N–H and O–H groups in total. The van der Waals surface area contributed by atoms with Crippen LogP contribution in [0.3, 0.4) is 0 Å². The van der Waals surface area contributed by atoms with E-state index < -0.39 is 5.41 Å². The summed E-state index contributed by atoms with van der Waals surface area (Å²) < 4.78 is 0. The minimum Gasteiger partial charge on any atom is -0.508 e. The Hall–Kier alpha value is -2.35. The van der Waals surface area contributed by atoms with Crippen LogP contribution in [0.4, 0.5) is 0 Å². The number of allylic oxidation sites excluding steroid dienone is 6. The molecule has 1 aromatic rings. The van der Waals surface area contributed by atoms with Gasteiger partial charge in [-0.25, -0.2) is 0 Å². The topological polar surface area (TPSA) is 37.3 Å². The van der Waals surface area contributed by atoms with Crippen LogP contribution < -0.4 is 0 Å². The molecule has 0 unspecified atom stereocenters. The van der Waals surface area contributed by atoms with Crippen molar-refractivity contribution in [3.05, 3.63) is 77.4 Å². The number of carbonyl (C=O) groups is 1. The molecule has 1 aromatic carbocycles. The number of hydrogen-bond acceptors (Lipinski definition) is 2. The zero-order chi connectivity index (χ0) is 23.8. The highest BCUT2D eigenvalue weighted by atomic mass is 16.3. The molecule has 1 rings (SSSR count). The van der Waals surface area contributed by atoms with E-state index in [1.165, 1.54) is 11.1 Å². The van der Waals surface area contributed by atoms with Crippen molar-refractivity contribution in [2.45, 2.75) is 74.1 Å². The van der Waals surface area contributed by atoms with Gasteiger partial charge in [0.15, 0.2) is 5.78 Å². The fraction of sp³-hybridized carbons (Fsp3) is 0.483. The molecule has 170 valence electrons. The second-order valence-corrected chi connectivity index (χ2v) is 9.88. The number of aromatic hydroxyl groups is 1. The van der Waals surface area contributed by atoms with Crippen LogP contribution in [0.1, 0.15) is 84.5 Å². The Labute approximate surface area is 190 Å². The first kappa shape index (κ1) is 26.7. The fourth-order valence-electron chi connectivity index (χ4n) is 4.46. The lowest BCUT2D eigenvalue weighted by atomic mass is 9.61. The normalized spacial score (nSPS) is 14.7. The summed E-state index contributed by atoms with van der Waals surface area (Å²) in [5.41, 5.74) is 4.56. The third-order valence-electron chi connectivity index (χ3n) is 6.02. The van der Waals surface area contributed by atoms with E-state index in [1.54, 1.807) is 24.3 Å². The number of benzene rings is 1. The van der Waals surface area contributed by atoms with Crippen molar-refractivity contribution in [2.75, 3.05) is 0 Å². The van der Waals surface area contributed by atoms with Crippen molar-refractivity contribution in [3.63, 3.8) is 0 Å². The van der Waals surface area contributed by atoms with Gasteiger partial charge >= 0.3 is 0 Å². The molecule has 0 bridgehead atoms. The zero-order valence-corrected chi connectivity index (χ0v) is 20.7. The van der Waals surface area contributed by atoms with Crippen LogP contribution in [0, 0.1) is 17.3 Å². The van der Waals surface area contributed by atoms with E-state index in [4.69, 9.17) is 0 Å². The van der Waals surface area contributed by atoms with E-state index in [0.29, 0.717) is 12.0 Å². The van der Waals surface area contributed by atoms with Crippen molar-refractivity contribution in [2.24, 2.45) is 17.3 Å². The van der Waals surface area contributed by atoms with Gasteiger partial charge in [-0.1, -0.05) is 60.1 Å². The highest BCUT2D eigenvalue weighted by molar-refractivity contribution is 6.01. The average Bonchev–Trinajstić information content (AvgIpc) is 2.67. The van der Waals surface area contributed by atoms with Crippen LogP contribution in [-0.2, 0) is 0 Å².